The van der Waals surface area contributed by atoms with Gasteiger partial charge in [-0.15, -0.1) is 22.7 Å². The lowest BCUT2D eigenvalue weighted by molar-refractivity contribution is -0.143. The highest BCUT2D eigenvalue weighted by atomic mass is 32.1. The van der Waals surface area contributed by atoms with E-state index in [1.54, 1.807) is 40.6 Å². The van der Waals surface area contributed by atoms with Crippen LogP contribution in [0.5, 0.6) is 0 Å². The van der Waals surface area contributed by atoms with E-state index in [1.807, 2.05) is 43.3 Å². The molecule has 35 heavy (non-hydrogen) atoms. The van der Waals surface area contributed by atoms with Gasteiger partial charge in [0.2, 0.25) is 0 Å². The first-order chi connectivity index (χ1) is 16.9. The second kappa shape index (κ2) is 9.21. The van der Waals surface area contributed by atoms with E-state index in [4.69, 9.17) is 9.47 Å². The standard InChI is InChI=1S/C26H23N3O4S2/c1-16(17-7-5-4-6-8-17)33-25(31)28-23-18(15-27-29(23)2)9-10-19-13-20-21(34-19)14-22(35-20)26(11-12-26)24(30)32-3/h4-8,13-16H,11-12H2,1-3H3,(H,28,31)/t16-/m1/s1. The van der Waals surface area contributed by atoms with Crippen LogP contribution in [0.1, 0.15) is 46.8 Å². The van der Waals surface area contributed by atoms with Crippen LogP contribution in [0.4, 0.5) is 10.6 Å². The quantitative estimate of drug-likeness (QED) is 0.282. The Labute approximate surface area is 210 Å². The minimum atomic E-state index is -0.572. The van der Waals surface area contributed by atoms with E-state index in [2.05, 4.69) is 28.3 Å². The Kier molecular flexibility index (Phi) is 6.09. The number of aryl methyl sites for hydroxylation is 1. The van der Waals surface area contributed by atoms with Crippen LogP contribution < -0.4 is 5.32 Å². The number of hydrogen-bond donors (Lipinski definition) is 1. The van der Waals surface area contributed by atoms with Crippen molar-refractivity contribution in [3.05, 3.63) is 69.5 Å². The predicted molar refractivity (Wildman–Crippen MR) is 137 cm³/mol. The van der Waals surface area contributed by atoms with Gasteiger partial charge in [-0.1, -0.05) is 42.2 Å². The fraction of sp³-hybridized carbons (Fsp3) is 0.269. The molecule has 1 saturated carbocycles. The average Bonchev–Trinajstić information content (AvgIpc) is 3.28. The third-order valence-corrected chi connectivity index (χ3v) is 8.45. The summed E-state index contributed by atoms with van der Waals surface area (Å²) in [6, 6.07) is 13.7. The number of thiophene rings is 2. The van der Waals surface area contributed by atoms with Crippen molar-refractivity contribution in [2.24, 2.45) is 7.05 Å². The summed E-state index contributed by atoms with van der Waals surface area (Å²) in [4.78, 5) is 26.6. The number of anilines is 1. The molecule has 1 fully saturated rings. The SMILES string of the molecule is COC(=O)C1(c2cc3sc(C#Cc4cnn(C)c4NC(=O)O[C@H](C)c4ccccc4)cc3s2)CC1. The number of nitrogens with one attached hydrogen (secondary N) is 1. The second-order valence-electron chi connectivity index (χ2n) is 8.39. The summed E-state index contributed by atoms with van der Waals surface area (Å²) in [6.07, 6.45) is 2.32. The first-order valence-corrected chi connectivity index (χ1v) is 12.7. The van der Waals surface area contributed by atoms with Crippen molar-refractivity contribution in [1.82, 2.24) is 9.78 Å². The van der Waals surface area contributed by atoms with Gasteiger partial charge >= 0.3 is 12.1 Å². The van der Waals surface area contributed by atoms with Gasteiger partial charge in [0.15, 0.2) is 0 Å². The fourth-order valence-corrected chi connectivity index (χ4v) is 6.37. The number of amides is 1. The van der Waals surface area contributed by atoms with Gasteiger partial charge < -0.3 is 9.47 Å². The van der Waals surface area contributed by atoms with Gasteiger partial charge in [0.05, 0.1) is 23.7 Å². The van der Waals surface area contributed by atoms with Crippen LogP contribution in [0.2, 0.25) is 0 Å². The summed E-state index contributed by atoms with van der Waals surface area (Å²) in [5, 5.41) is 6.99. The smallest absolute Gasteiger partial charge is 0.413 e. The van der Waals surface area contributed by atoms with Crippen molar-refractivity contribution < 1.29 is 19.1 Å². The van der Waals surface area contributed by atoms with Gasteiger partial charge in [-0.05, 0) is 37.5 Å². The molecule has 0 aliphatic heterocycles. The summed E-state index contributed by atoms with van der Waals surface area (Å²) in [7, 11) is 3.18. The molecule has 9 heteroatoms. The Morgan fingerprint density at radius 3 is 2.57 bits per heavy atom. The van der Waals surface area contributed by atoms with Gasteiger partial charge in [-0.25, -0.2) is 4.79 Å². The van der Waals surface area contributed by atoms with E-state index in [0.717, 1.165) is 37.6 Å². The third-order valence-electron chi connectivity index (χ3n) is 6.04. The van der Waals surface area contributed by atoms with Crippen LogP contribution >= 0.6 is 22.7 Å². The van der Waals surface area contributed by atoms with Crippen molar-refractivity contribution in [2.45, 2.75) is 31.3 Å². The average molecular weight is 506 g/mol. The number of carbonyl (C=O) groups excluding carboxylic acids is 2. The van der Waals surface area contributed by atoms with Gasteiger partial charge in [0, 0.05) is 21.3 Å². The van der Waals surface area contributed by atoms with Crippen molar-refractivity contribution in [3.63, 3.8) is 0 Å². The topological polar surface area (TPSA) is 82.5 Å². The number of nitrogens with zero attached hydrogens (tertiary/aromatic N) is 2. The molecular weight excluding hydrogens is 482 g/mol. The number of rotatable bonds is 5. The van der Waals surface area contributed by atoms with Crippen molar-refractivity contribution >= 4 is 50.0 Å². The Balaban J connectivity index is 1.30. The highest BCUT2D eigenvalue weighted by Crippen LogP contribution is 2.53. The zero-order valence-electron chi connectivity index (χ0n) is 19.5. The molecule has 1 N–H and O–H groups in total. The molecule has 1 amide bonds. The Hall–Kier alpha value is -3.61. The van der Waals surface area contributed by atoms with E-state index >= 15 is 0 Å². The molecule has 3 heterocycles. The molecule has 0 unspecified atom stereocenters. The number of esters is 1. The first-order valence-electron chi connectivity index (χ1n) is 11.1. The van der Waals surface area contributed by atoms with Crippen LogP contribution in [0, 0.1) is 11.8 Å². The molecule has 5 rings (SSSR count). The highest BCUT2D eigenvalue weighted by molar-refractivity contribution is 7.28. The lowest BCUT2D eigenvalue weighted by Gasteiger charge is -2.14. The van der Waals surface area contributed by atoms with E-state index < -0.39 is 17.6 Å². The van der Waals surface area contributed by atoms with Crippen LogP contribution in [-0.2, 0) is 26.7 Å². The normalized spacial score (nSPS) is 14.6. The van der Waals surface area contributed by atoms with E-state index in [1.165, 1.54) is 7.11 Å². The molecule has 1 aliphatic rings. The van der Waals surface area contributed by atoms with Gasteiger partial charge in [0.1, 0.15) is 17.3 Å². The van der Waals surface area contributed by atoms with Crippen molar-refractivity contribution in [3.8, 4) is 11.8 Å². The van der Waals surface area contributed by atoms with E-state index in [0.29, 0.717) is 11.4 Å². The molecule has 0 bridgehead atoms. The van der Waals surface area contributed by atoms with Gasteiger partial charge in [-0.3, -0.25) is 14.8 Å². The first kappa shape index (κ1) is 23.1. The minimum absolute atomic E-state index is 0.153. The Bertz CT molecular complexity index is 1440. The maximum atomic E-state index is 12.5. The van der Waals surface area contributed by atoms with Crippen molar-refractivity contribution in [1.29, 1.82) is 0 Å². The third kappa shape index (κ3) is 4.55. The van der Waals surface area contributed by atoms with Crippen LogP contribution in [-0.4, -0.2) is 29.0 Å². The molecule has 7 nitrogen and oxygen atoms in total. The zero-order valence-corrected chi connectivity index (χ0v) is 21.1. The van der Waals surface area contributed by atoms with Gasteiger partial charge in [-0.2, -0.15) is 5.10 Å². The van der Waals surface area contributed by atoms with E-state index in [9.17, 15) is 9.59 Å². The Morgan fingerprint density at radius 2 is 1.89 bits per heavy atom. The molecule has 3 aromatic heterocycles. The number of methoxy groups -OCH3 is 1. The summed E-state index contributed by atoms with van der Waals surface area (Å²) >= 11 is 3.20. The number of aromatic nitrogens is 2. The highest BCUT2D eigenvalue weighted by Gasteiger charge is 2.53. The number of ether oxygens (including phenoxy) is 2. The molecule has 4 aromatic rings. The molecule has 1 aromatic carbocycles. The molecule has 178 valence electrons. The lowest BCUT2D eigenvalue weighted by atomic mass is 10.1. The number of fused-ring (bicyclic) bond motifs is 1. The Morgan fingerprint density at radius 1 is 1.14 bits per heavy atom. The molecule has 1 atom stereocenters. The predicted octanol–water partition coefficient (Wildman–Crippen LogP) is 5.61. The molecule has 0 spiro atoms. The number of hydrogen-bond acceptors (Lipinski definition) is 7. The minimum Gasteiger partial charge on any atom is -0.468 e. The molecule has 0 radical (unpaired) electrons. The molecular formula is C26H23N3O4S2. The summed E-state index contributed by atoms with van der Waals surface area (Å²) in [5.74, 6) is 6.61. The molecule has 0 saturated heterocycles. The maximum absolute atomic E-state index is 12.5. The fourth-order valence-electron chi connectivity index (χ4n) is 3.89. The van der Waals surface area contributed by atoms with Crippen LogP contribution in [0.15, 0.2) is 48.7 Å². The summed E-state index contributed by atoms with van der Waals surface area (Å²) in [6.45, 7) is 1.82. The van der Waals surface area contributed by atoms with Crippen molar-refractivity contribution in [2.75, 3.05) is 12.4 Å². The summed E-state index contributed by atoms with van der Waals surface area (Å²) < 4.78 is 14.3. The summed E-state index contributed by atoms with van der Waals surface area (Å²) in [5.41, 5.74) is 1.05. The maximum Gasteiger partial charge on any atom is 0.413 e. The largest absolute Gasteiger partial charge is 0.468 e. The number of benzene rings is 1. The zero-order chi connectivity index (χ0) is 24.6. The van der Waals surface area contributed by atoms with Crippen LogP contribution in [0.25, 0.3) is 9.40 Å². The second-order valence-corrected chi connectivity index (χ2v) is 10.6. The van der Waals surface area contributed by atoms with Gasteiger partial charge in [0.25, 0.3) is 0 Å². The molecule has 1 aliphatic carbocycles. The lowest BCUT2D eigenvalue weighted by Crippen LogP contribution is -2.20. The monoisotopic (exact) mass is 505 g/mol. The van der Waals surface area contributed by atoms with Crippen LogP contribution in [0.3, 0.4) is 0 Å². The van der Waals surface area contributed by atoms with E-state index in [-0.39, 0.29) is 5.97 Å². The number of carbonyl (C=O) groups is 2.